The van der Waals surface area contributed by atoms with E-state index in [1.165, 1.54) is 19.0 Å². The van der Waals surface area contributed by atoms with E-state index in [0.29, 0.717) is 28.9 Å². The molecule has 16 heteroatoms. The number of anilines is 1. The van der Waals surface area contributed by atoms with E-state index in [1.54, 1.807) is 48.7 Å². The van der Waals surface area contributed by atoms with Crippen molar-refractivity contribution in [1.29, 1.82) is 0 Å². The Balaban J connectivity index is 1.15. The smallest absolute Gasteiger partial charge is 0.407 e. The molecule has 2 aromatic carbocycles. The summed E-state index contributed by atoms with van der Waals surface area (Å²) in [4.78, 5) is 39.3. The van der Waals surface area contributed by atoms with Crippen LogP contribution in [0.1, 0.15) is 48.9 Å². The van der Waals surface area contributed by atoms with E-state index in [0.717, 1.165) is 57.6 Å². The number of fused-ring (bicyclic) bond motifs is 2. The molecule has 2 amide bonds. The molecule has 0 radical (unpaired) electrons. The molecular formula is C44H48F5N7O4. The van der Waals surface area contributed by atoms with Gasteiger partial charge in [-0.25, -0.2) is 18.6 Å². The summed E-state index contributed by atoms with van der Waals surface area (Å²) in [5.41, 5.74) is -0.547. The van der Waals surface area contributed by atoms with Gasteiger partial charge in [0, 0.05) is 72.9 Å². The average molecular weight is 834 g/mol. The minimum atomic E-state index is -4.94. The lowest BCUT2D eigenvalue weighted by Gasteiger charge is -2.39. The van der Waals surface area contributed by atoms with Crippen LogP contribution in [0.4, 0.5) is 32.6 Å². The SMILES string of the molecule is COC(=O)NC(C(=O)N[C@@H](Cc1ccc(C#Cc2ccc(N3CC4CCC(C3)N4C)nc2)cc1)[C@@H](O)CNCc1c(F)cc(-c2ccccn2)cc1F)C(C)(C)C(F)(F)F. The molecule has 2 aromatic heterocycles. The molecule has 4 heterocycles. The number of likely N-dealkylation sites (N-methyl/N-ethyl adjacent to an activating group) is 1. The average Bonchev–Trinajstić information content (AvgIpc) is 3.41. The Morgan fingerprint density at radius 3 is 2.17 bits per heavy atom. The van der Waals surface area contributed by atoms with Gasteiger partial charge in [0.25, 0.3) is 0 Å². The number of pyridine rings is 2. The zero-order chi connectivity index (χ0) is 43.2. The number of nitrogens with zero attached hydrogens (tertiary/aromatic N) is 4. The molecule has 4 N–H and O–H groups in total. The fourth-order valence-corrected chi connectivity index (χ4v) is 7.47. The maximum atomic E-state index is 15.1. The number of methoxy groups -OCH3 is 1. The van der Waals surface area contributed by atoms with E-state index >= 15 is 8.78 Å². The molecule has 6 rings (SSSR count). The van der Waals surface area contributed by atoms with Gasteiger partial charge in [-0.3, -0.25) is 14.7 Å². The summed E-state index contributed by atoms with van der Waals surface area (Å²) in [6.45, 7) is 2.68. The number of aliphatic hydroxyl groups is 1. The number of aliphatic hydroxyl groups excluding tert-OH is 1. The molecule has 2 aliphatic heterocycles. The van der Waals surface area contributed by atoms with Crippen molar-refractivity contribution in [3.8, 4) is 23.1 Å². The predicted molar refractivity (Wildman–Crippen MR) is 216 cm³/mol. The lowest BCUT2D eigenvalue weighted by Crippen LogP contribution is -2.62. The lowest BCUT2D eigenvalue weighted by atomic mass is 9.82. The highest BCUT2D eigenvalue weighted by Gasteiger charge is 2.56. The number of rotatable bonds is 13. The summed E-state index contributed by atoms with van der Waals surface area (Å²) in [6, 6.07) is 15.6. The second-order valence-corrected chi connectivity index (χ2v) is 15.7. The van der Waals surface area contributed by atoms with Gasteiger partial charge in [-0.15, -0.1) is 0 Å². The number of halogens is 5. The number of aromatic nitrogens is 2. The van der Waals surface area contributed by atoms with Gasteiger partial charge in [0.1, 0.15) is 23.5 Å². The number of benzene rings is 2. The van der Waals surface area contributed by atoms with E-state index < -0.39 is 53.4 Å². The van der Waals surface area contributed by atoms with Gasteiger partial charge in [0.05, 0.1) is 30.4 Å². The summed E-state index contributed by atoms with van der Waals surface area (Å²) in [5, 5.41) is 18.6. The number of carbonyl (C=O) groups is 2. The van der Waals surface area contributed by atoms with Crippen LogP contribution in [0.2, 0.25) is 0 Å². The Hall–Kier alpha value is -5.63. The fourth-order valence-electron chi connectivity index (χ4n) is 7.47. The number of piperazine rings is 1. The first-order valence-electron chi connectivity index (χ1n) is 19.6. The van der Waals surface area contributed by atoms with Crippen molar-refractivity contribution in [2.75, 3.05) is 38.7 Å². The summed E-state index contributed by atoms with van der Waals surface area (Å²) in [6.07, 6.45) is -2.17. The van der Waals surface area contributed by atoms with Crippen molar-refractivity contribution < 1.29 is 41.4 Å². The van der Waals surface area contributed by atoms with Crippen LogP contribution >= 0.6 is 0 Å². The standard InChI is InChI=1S/C44H48F5N7O4/c1-43(2,44(47,48)49)40(54-42(59)60-4)41(58)53-37(38(57)24-50-23-33-34(45)20-30(21-35(33)46)36-7-5-6-18-51-36)19-28-11-8-27(9-12-28)10-13-29-14-17-39(52-22-29)56-25-31-15-16-32(26-56)55(31)3/h5-9,11-12,14,17-18,20-22,31-32,37-38,40,50,57H,15-16,19,23-26H2,1-4H3,(H,53,58)(H,54,59)/t31?,32?,37-,38-,40?/m0/s1. The van der Waals surface area contributed by atoms with Crippen molar-refractivity contribution in [3.63, 3.8) is 0 Å². The summed E-state index contributed by atoms with van der Waals surface area (Å²) >= 11 is 0. The second-order valence-electron chi connectivity index (χ2n) is 15.7. The summed E-state index contributed by atoms with van der Waals surface area (Å²) in [5.74, 6) is 4.16. The van der Waals surface area contributed by atoms with Crippen LogP contribution in [0.5, 0.6) is 0 Å². The summed E-state index contributed by atoms with van der Waals surface area (Å²) in [7, 11) is 3.13. The van der Waals surface area contributed by atoms with E-state index in [4.69, 9.17) is 0 Å². The highest BCUT2D eigenvalue weighted by atomic mass is 19.4. The molecule has 5 atom stereocenters. The Morgan fingerprint density at radius 1 is 0.933 bits per heavy atom. The van der Waals surface area contributed by atoms with E-state index in [1.807, 2.05) is 17.4 Å². The van der Waals surface area contributed by atoms with Crippen molar-refractivity contribution in [1.82, 2.24) is 30.8 Å². The number of hydrogen-bond donors (Lipinski definition) is 4. The monoisotopic (exact) mass is 833 g/mol. The number of alkyl halides is 3. The van der Waals surface area contributed by atoms with Crippen LogP contribution in [-0.4, -0.2) is 102 Å². The normalized spacial score (nSPS) is 18.2. The largest absolute Gasteiger partial charge is 0.453 e. The molecule has 0 spiro atoms. The molecule has 3 unspecified atom stereocenters. The van der Waals surface area contributed by atoms with Gasteiger partial charge in [0.15, 0.2) is 0 Å². The van der Waals surface area contributed by atoms with Gasteiger partial charge in [0.2, 0.25) is 5.91 Å². The number of alkyl carbamates (subject to hydrolysis) is 1. The first kappa shape index (κ1) is 43.9. The predicted octanol–water partition coefficient (Wildman–Crippen LogP) is 5.60. The van der Waals surface area contributed by atoms with Crippen LogP contribution in [-0.2, 0) is 22.5 Å². The highest BCUT2D eigenvalue weighted by Crippen LogP contribution is 2.40. The van der Waals surface area contributed by atoms with Gasteiger partial charge >= 0.3 is 12.3 Å². The van der Waals surface area contributed by atoms with Crippen LogP contribution in [0, 0.1) is 28.9 Å². The van der Waals surface area contributed by atoms with E-state index in [-0.39, 0.29) is 30.6 Å². The molecule has 2 fully saturated rings. The Morgan fingerprint density at radius 2 is 1.58 bits per heavy atom. The minimum Gasteiger partial charge on any atom is -0.453 e. The Kier molecular flexibility index (Phi) is 13.7. The molecule has 0 aliphatic carbocycles. The van der Waals surface area contributed by atoms with Gasteiger partial charge in [-0.2, -0.15) is 13.2 Å². The molecule has 318 valence electrons. The Labute approximate surface area is 345 Å². The molecule has 11 nitrogen and oxygen atoms in total. The number of nitrogens with one attached hydrogen (secondary N) is 3. The van der Waals surface area contributed by atoms with Gasteiger partial charge in [-0.05, 0) is 94.3 Å². The van der Waals surface area contributed by atoms with Gasteiger partial charge in [-0.1, -0.05) is 30.0 Å². The maximum absolute atomic E-state index is 15.1. The molecular weight excluding hydrogens is 786 g/mol. The third kappa shape index (κ3) is 10.4. The van der Waals surface area contributed by atoms with E-state index in [9.17, 15) is 27.9 Å². The number of amides is 2. The first-order chi connectivity index (χ1) is 28.5. The maximum Gasteiger partial charge on any atom is 0.407 e. The van der Waals surface area contributed by atoms with Crippen LogP contribution in [0.25, 0.3) is 11.3 Å². The second kappa shape index (κ2) is 18.7. The minimum absolute atomic E-state index is 0.0828. The molecule has 60 heavy (non-hydrogen) atoms. The van der Waals surface area contributed by atoms with Gasteiger partial charge < -0.3 is 30.7 Å². The molecule has 0 saturated carbocycles. The van der Waals surface area contributed by atoms with Crippen molar-refractivity contribution in [2.24, 2.45) is 5.41 Å². The van der Waals surface area contributed by atoms with Crippen LogP contribution in [0.3, 0.4) is 0 Å². The van der Waals surface area contributed by atoms with Crippen molar-refractivity contribution in [2.45, 2.75) is 76.1 Å². The number of hydrogen-bond acceptors (Lipinski definition) is 9. The lowest BCUT2D eigenvalue weighted by molar-refractivity contribution is -0.220. The topological polar surface area (TPSA) is 132 Å². The van der Waals surface area contributed by atoms with Crippen LogP contribution in [0.15, 0.2) is 79.1 Å². The fraction of sp³-hybridized carbons (Fsp3) is 0.409. The molecule has 2 saturated heterocycles. The van der Waals surface area contributed by atoms with Crippen molar-refractivity contribution in [3.05, 3.63) is 113 Å². The third-order valence-corrected chi connectivity index (χ3v) is 11.4. The summed E-state index contributed by atoms with van der Waals surface area (Å²) < 4.78 is 77.2. The molecule has 4 aromatic rings. The third-order valence-electron chi connectivity index (χ3n) is 11.4. The highest BCUT2D eigenvalue weighted by molar-refractivity contribution is 5.87. The molecule has 2 aliphatic rings. The molecule has 2 bridgehead atoms. The number of ether oxygens (including phenoxy) is 1. The van der Waals surface area contributed by atoms with Crippen molar-refractivity contribution >= 4 is 17.8 Å². The van der Waals surface area contributed by atoms with Crippen LogP contribution < -0.4 is 20.9 Å². The zero-order valence-corrected chi connectivity index (χ0v) is 33.7. The first-order valence-corrected chi connectivity index (χ1v) is 19.6. The Bertz CT molecular complexity index is 2140. The zero-order valence-electron chi connectivity index (χ0n) is 33.7. The number of carbonyl (C=O) groups excluding carboxylic acids is 2. The quantitative estimate of drug-likeness (QED) is 0.101. The van der Waals surface area contributed by atoms with E-state index in [2.05, 4.69) is 54.0 Å².